The summed E-state index contributed by atoms with van der Waals surface area (Å²) in [5, 5.41) is 0. The molecule has 0 aromatic heterocycles. The van der Waals surface area contributed by atoms with Crippen molar-refractivity contribution in [1.82, 2.24) is 0 Å². The largest absolute Gasteiger partial charge is 0.327 e. The third kappa shape index (κ3) is 0.455. The predicted octanol–water partition coefficient (Wildman–Crippen LogP) is 0.990. The fraction of sp³-hybridized carbons (Fsp3) is 1.00. The molecule has 4 atom stereocenters. The number of nitrogens with two attached hydrogens (primary N) is 1. The molecular formula is C7H13N. The maximum atomic E-state index is 5.86. The molecule has 0 aromatic rings. The highest BCUT2D eigenvalue weighted by Gasteiger charge is 2.49. The number of hydrogen-bond acceptors (Lipinski definition) is 1. The third-order valence-electron chi connectivity index (χ3n) is 2.80. The molecule has 0 aliphatic heterocycles. The van der Waals surface area contributed by atoms with Crippen molar-refractivity contribution in [3.8, 4) is 0 Å². The van der Waals surface area contributed by atoms with Crippen LogP contribution in [0.1, 0.15) is 19.8 Å². The van der Waals surface area contributed by atoms with Crippen LogP contribution in [-0.2, 0) is 0 Å². The Morgan fingerprint density at radius 2 is 2.12 bits per heavy atom. The second kappa shape index (κ2) is 1.27. The second-order valence-electron chi connectivity index (χ2n) is 3.45. The molecule has 2 aliphatic carbocycles. The number of rotatable bonds is 0. The average molecular weight is 111 g/mol. The van der Waals surface area contributed by atoms with Crippen LogP contribution in [0.15, 0.2) is 0 Å². The van der Waals surface area contributed by atoms with Crippen molar-refractivity contribution in [3.63, 3.8) is 0 Å². The van der Waals surface area contributed by atoms with Gasteiger partial charge in [0, 0.05) is 6.04 Å². The normalized spacial score (nSPS) is 60.8. The predicted molar refractivity (Wildman–Crippen MR) is 33.4 cm³/mol. The molecule has 0 bridgehead atoms. The Morgan fingerprint density at radius 3 is 2.38 bits per heavy atom. The standard InChI is InChI=1S/C7H13N/c1-4-2-5-3-6(5)7(4)8/h4-7H,2-3,8H2,1H3/t4-,5+,6-,7-/m0/s1. The highest BCUT2D eigenvalue weighted by atomic mass is 14.8. The molecule has 0 aromatic carbocycles. The second-order valence-corrected chi connectivity index (χ2v) is 3.45. The molecule has 8 heavy (non-hydrogen) atoms. The van der Waals surface area contributed by atoms with E-state index >= 15 is 0 Å². The first-order valence-corrected chi connectivity index (χ1v) is 3.54. The smallest absolute Gasteiger partial charge is 0.00958 e. The molecule has 1 nitrogen and oxygen atoms in total. The minimum absolute atomic E-state index is 0.556. The summed E-state index contributed by atoms with van der Waals surface area (Å²) in [6.07, 6.45) is 2.84. The van der Waals surface area contributed by atoms with Crippen LogP contribution in [0, 0.1) is 17.8 Å². The van der Waals surface area contributed by atoms with Crippen molar-refractivity contribution in [3.05, 3.63) is 0 Å². The maximum absolute atomic E-state index is 5.86. The Hall–Kier alpha value is -0.0400. The maximum Gasteiger partial charge on any atom is 0.00958 e. The zero-order valence-electron chi connectivity index (χ0n) is 5.30. The van der Waals surface area contributed by atoms with Crippen LogP contribution in [0.3, 0.4) is 0 Å². The molecule has 1 heteroatoms. The first-order chi connectivity index (χ1) is 3.79. The van der Waals surface area contributed by atoms with Crippen LogP contribution in [0.25, 0.3) is 0 Å². The topological polar surface area (TPSA) is 26.0 Å². The van der Waals surface area contributed by atoms with Gasteiger partial charge in [-0.1, -0.05) is 6.92 Å². The van der Waals surface area contributed by atoms with Gasteiger partial charge >= 0.3 is 0 Å². The SMILES string of the molecule is C[C@H]1C[C@@H]2C[C@@H]2[C@H]1N. The van der Waals surface area contributed by atoms with E-state index in [4.69, 9.17) is 5.73 Å². The molecule has 0 saturated heterocycles. The van der Waals surface area contributed by atoms with E-state index in [1.807, 2.05) is 0 Å². The van der Waals surface area contributed by atoms with Crippen LogP contribution in [0.2, 0.25) is 0 Å². The number of fused-ring (bicyclic) bond motifs is 1. The van der Waals surface area contributed by atoms with E-state index in [1.54, 1.807) is 0 Å². The first-order valence-electron chi connectivity index (χ1n) is 3.54. The van der Waals surface area contributed by atoms with E-state index < -0.39 is 0 Å². The first kappa shape index (κ1) is 4.80. The monoisotopic (exact) mass is 111 g/mol. The van der Waals surface area contributed by atoms with E-state index in [0.29, 0.717) is 6.04 Å². The van der Waals surface area contributed by atoms with Crippen molar-refractivity contribution >= 4 is 0 Å². The summed E-state index contributed by atoms with van der Waals surface area (Å²) in [5.74, 6) is 2.80. The van der Waals surface area contributed by atoms with Crippen LogP contribution < -0.4 is 5.73 Å². The molecule has 2 saturated carbocycles. The van der Waals surface area contributed by atoms with Gasteiger partial charge in [-0.05, 0) is 30.6 Å². The summed E-state index contributed by atoms with van der Waals surface area (Å²) in [4.78, 5) is 0. The Balaban J connectivity index is 2.08. The van der Waals surface area contributed by atoms with Crippen molar-refractivity contribution in [2.45, 2.75) is 25.8 Å². The minimum atomic E-state index is 0.556. The van der Waals surface area contributed by atoms with E-state index in [-0.39, 0.29) is 0 Å². The van der Waals surface area contributed by atoms with Crippen molar-refractivity contribution in [2.24, 2.45) is 23.5 Å². The summed E-state index contributed by atoms with van der Waals surface area (Å²) in [5.41, 5.74) is 5.86. The molecule has 0 spiro atoms. The quantitative estimate of drug-likeness (QED) is 0.495. The van der Waals surface area contributed by atoms with Crippen LogP contribution in [0.5, 0.6) is 0 Å². The Labute approximate surface area is 50.3 Å². The van der Waals surface area contributed by atoms with E-state index in [0.717, 1.165) is 17.8 Å². The molecule has 2 aliphatic rings. The van der Waals surface area contributed by atoms with Crippen LogP contribution >= 0.6 is 0 Å². The summed E-state index contributed by atoms with van der Waals surface area (Å²) >= 11 is 0. The molecule has 2 rings (SSSR count). The molecule has 0 unspecified atom stereocenters. The Bertz CT molecular complexity index is 109. The van der Waals surface area contributed by atoms with Gasteiger partial charge in [-0.3, -0.25) is 0 Å². The Morgan fingerprint density at radius 1 is 1.38 bits per heavy atom. The summed E-state index contributed by atoms with van der Waals surface area (Å²) in [6.45, 7) is 2.27. The van der Waals surface area contributed by atoms with E-state index in [2.05, 4.69) is 6.92 Å². The lowest BCUT2D eigenvalue weighted by atomic mass is 10.0. The molecule has 0 amide bonds. The minimum Gasteiger partial charge on any atom is -0.327 e. The van der Waals surface area contributed by atoms with Crippen molar-refractivity contribution in [1.29, 1.82) is 0 Å². The van der Waals surface area contributed by atoms with Gasteiger partial charge in [0.25, 0.3) is 0 Å². The highest BCUT2D eigenvalue weighted by Crippen LogP contribution is 2.53. The molecular weight excluding hydrogens is 98.1 g/mol. The van der Waals surface area contributed by atoms with Crippen LogP contribution in [-0.4, -0.2) is 6.04 Å². The van der Waals surface area contributed by atoms with Gasteiger partial charge in [0.15, 0.2) is 0 Å². The zero-order valence-corrected chi connectivity index (χ0v) is 5.30. The number of hydrogen-bond donors (Lipinski definition) is 1. The Kier molecular flexibility index (Phi) is 0.762. The molecule has 0 heterocycles. The molecule has 2 N–H and O–H groups in total. The fourth-order valence-electron chi connectivity index (χ4n) is 2.07. The van der Waals surface area contributed by atoms with E-state index in [1.165, 1.54) is 12.8 Å². The van der Waals surface area contributed by atoms with Gasteiger partial charge in [0.05, 0.1) is 0 Å². The van der Waals surface area contributed by atoms with Crippen molar-refractivity contribution < 1.29 is 0 Å². The average Bonchev–Trinajstić information content (AvgIpc) is 2.39. The summed E-state index contributed by atoms with van der Waals surface area (Å²) in [7, 11) is 0. The van der Waals surface area contributed by atoms with Crippen LogP contribution in [0.4, 0.5) is 0 Å². The van der Waals surface area contributed by atoms with Gasteiger partial charge in [0.1, 0.15) is 0 Å². The fourth-order valence-corrected chi connectivity index (χ4v) is 2.07. The lowest BCUT2D eigenvalue weighted by Gasteiger charge is -2.10. The highest BCUT2D eigenvalue weighted by molar-refractivity contribution is 5.02. The van der Waals surface area contributed by atoms with Gasteiger partial charge in [-0.25, -0.2) is 0 Å². The third-order valence-corrected chi connectivity index (χ3v) is 2.80. The van der Waals surface area contributed by atoms with E-state index in [9.17, 15) is 0 Å². The lowest BCUT2D eigenvalue weighted by Crippen LogP contribution is -2.26. The molecule has 2 fully saturated rings. The van der Waals surface area contributed by atoms with Gasteiger partial charge in [0.2, 0.25) is 0 Å². The van der Waals surface area contributed by atoms with Crippen molar-refractivity contribution in [2.75, 3.05) is 0 Å². The zero-order chi connectivity index (χ0) is 5.72. The van der Waals surface area contributed by atoms with Gasteiger partial charge < -0.3 is 5.73 Å². The summed E-state index contributed by atoms with van der Waals surface area (Å²) in [6, 6.07) is 0.556. The van der Waals surface area contributed by atoms with Gasteiger partial charge in [-0.15, -0.1) is 0 Å². The lowest BCUT2D eigenvalue weighted by molar-refractivity contribution is 0.461. The molecule has 46 valence electrons. The summed E-state index contributed by atoms with van der Waals surface area (Å²) < 4.78 is 0. The molecule has 0 radical (unpaired) electrons. The van der Waals surface area contributed by atoms with Gasteiger partial charge in [-0.2, -0.15) is 0 Å².